The first-order valence-corrected chi connectivity index (χ1v) is 14.1. The Balaban J connectivity index is 1.77. The monoisotopic (exact) mass is 561 g/mol. The molecule has 0 aliphatic rings. The van der Waals surface area contributed by atoms with Gasteiger partial charge in [-0.1, -0.05) is 23.7 Å². The number of esters is 1. The van der Waals surface area contributed by atoms with E-state index in [0.717, 1.165) is 59.9 Å². The molecule has 0 aliphatic heterocycles. The normalized spacial score (nSPS) is 12.8. The number of hydrogen-bond donors (Lipinski definition) is 0. The van der Waals surface area contributed by atoms with E-state index in [1.54, 1.807) is 18.3 Å². The lowest BCUT2D eigenvalue weighted by Gasteiger charge is -2.29. The first-order valence-electron chi connectivity index (χ1n) is 12.9. The molecule has 8 heteroatoms. The third kappa shape index (κ3) is 5.31. The summed E-state index contributed by atoms with van der Waals surface area (Å²) < 4.78 is 14.9. The molecule has 202 valence electrons. The molecule has 0 fully saturated rings. The summed E-state index contributed by atoms with van der Waals surface area (Å²) in [5.41, 5.74) is 6.81. The van der Waals surface area contributed by atoms with E-state index in [9.17, 15) is 4.79 Å². The summed E-state index contributed by atoms with van der Waals surface area (Å²) in [6.45, 7) is 11.9. The largest absolute Gasteiger partial charge is 0.464 e. The third-order valence-corrected chi connectivity index (χ3v) is 8.04. The van der Waals surface area contributed by atoms with Crippen LogP contribution in [0.15, 0.2) is 48.5 Å². The van der Waals surface area contributed by atoms with Crippen LogP contribution in [0.2, 0.25) is 5.02 Å². The van der Waals surface area contributed by atoms with Gasteiger partial charge >= 0.3 is 5.97 Å². The van der Waals surface area contributed by atoms with Gasteiger partial charge < -0.3 is 14.0 Å². The molecule has 5 aromatic rings. The molecule has 2 heterocycles. The molecule has 0 radical (unpaired) electrons. The number of carbonyl (C=O) groups excluding carboxylic acids is 1. The maximum atomic E-state index is 13.3. The van der Waals surface area contributed by atoms with E-state index < -0.39 is 17.7 Å². The molecule has 5 rings (SSSR count). The topological polar surface area (TPSA) is 66.2 Å². The van der Waals surface area contributed by atoms with Gasteiger partial charge in [-0.3, -0.25) is 0 Å². The van der Waals surface area contributed by atoms with Crippen LogP contribution in [0.1, 0.15) is 50.8 Å². The number of thiazole rings is 1. The first-order chi connectivity index (χ1) is 18.5. The number of fused-ring (bicyclic) bond motifs is 2. The van der Waals surface area contributed by atoms with Gasteiger partial charge in [-0.15, -0.1) is 11.3 Å². The van der Waals surface area contributed by atoms with Gasteiger partial charge in [0.25, 0.3) is 0 Å². The molecule has 3 aromatic carbocycles. The van der Waals surface area contributed by atoms with Crippen molar-refractivity contribution in [3.63, 3.8) is 0 Å². The number of aryl methyl sites for hydroxylation is 3. The predicted molar refractivity (Wildman–Crippen MR) is 159 cm³/mol. The zero-order valence-corrected chi connectivity index (χ0v) is 24.8. The highest BCUT2D eigenvalue weighted by atomic mass is 35.5. The molecule has 0 spiro atoms. The molecule has 0 bridgehead atoms. The van der Waals surface area contributed by atoms with E-state index in [2.05, 4.69) is 22.8 Å². The van der Waals surface area contributed by atoms with E-state index >= 15 is 0 Å². The van der Waals surface area contributed by atoms with Crippen molar-refractivity contribution in [2.24, 2.45) is 7.05 Å². The van der Waals surface area contributed by atoms with Gasteiger partial charge in [-0.25, -0.2) is 14.8 Å². The Hall–Kier alpha value is -3.26. The zero-order valence-electron chi connectivity index (χ0n) is 23.3. The zero-order chi connectivity index (χ0) is 28.1. The Kier molecular flexibility index (Phi) is 7.27. The van der Waals surface area contributed by atoms with Crippen LogP contribution >= 0.6 is 22.9 Å². The van der Waals surface area contributed by atoms with Crippen LogP contribution in [0.5, 0.6) is 0 Å². The van der Waals surface area contributed by atoms with Gasteiger partial charge in [0.2, 0.25) is 0 Å². The van der Waals surface area contributed by atoms with Gasteiger partial charge in [0.1, 0.15) is 10.8 Å². The summed E-state index contributed by atoms with van der Waals surface area (Å²) in [5.74, 6) is 0.548. The maximum Gasteiger partial charge on any atom is 0.339 e. The minimum atomic E-state index is -0.904. The average Bonchev–Trinajstić information content (AvgIpc) is 3.42. The highest BCUT2D eigenvalue weighted by Crippen LogP contribution is 2.44. The fourth-order valence-corrected chi connectivity index (χ4v) is 6.07. The summed E-state index contributed by atoms with van der Waals surface area (Å²) in [6.07, 6.45) is -0.904. The fraction of sp³-hybridized carbons (Fsp3) is 0.323. The molecule has 0 amide bonds. The highest BCUT2D eigenvalue weighted by molar-refractivity contribution is 7.22. The summed E-state index contributed by atoms with van der Waals surface area (Å²) in [5, 5.41) is 1.52. The Morgan fingerprint density at radius 2 is 1.72 bits per heavy atom. The van der Waals surface area contributed by atoms with Crippen LogP contribution < -0.4 is 0 Å². The maximum absolute atomic E-state index is 13.3. The van der Waals surface area contributed by atoms with Gasteiger partial charge in [0, 0.05) is 28.8 Å². The minimum absolute atomic E-state index is 0.264. The van der Waals surface area contributed by atoms with Gasteiger partial charge in [0.15, 0.2) is 6.10 Å². The number of nitrogens with zero attached hydrogens (tertiary/aromatic N) is 3. The van der Waals surface area contributed by atoms with Crippen LogP contribution in [0.4, 0.5) is 0 Å². The molecule has 6 nitrogen and oxygen atoms in total. The van der Waals surface area contributed by atoms with Crippen LogP contribution in [0.25, 0.3) is 42.9 Å². The fourth-order valence-electron chi connectivity index (χ4n) is 4.83. The molecule has 39 heavy (non-hydrogen) atoms. The molecule has 0 aliphatic carbocycles. The number of carbonyl (C=O) groups is 1. The Morgan fingerprint density at radius 1 is 1.03 bits per heavy atom. The van der Waals surface area contributed by atoms with E-state index in [0.29, 0.717) is 5.02 Å². The van der Waals surface area contributed by atoms with E-state index in [-0.39, 0.29) is 6.61 Å². The lowest BCUT2D eigenvalue weighted by atomic mass is 9.91. The van der Waals surface area contributed by atoms with Crippen molar-refractivity contribution in [1.82, 2.24) is 14.5 Å². The first kappa shape index (κ1) is 27.3. The second-order valence-electron chi connectivity index (χ2n) is 10.6. The predicted octanol–water partition coefficient (Wildman–Crippen LogP) is 8.21. The third-order valence-electron chi connectivity index (χ3n) is 6.65. The molecule has 0 saturated heterocycles. The summed E-state index contributed by atoms with van der Waals surface area (Å²) in [7, 11) is 2.02. The standard InChI is InChI=1S/C31H32ClN3O3S/c1-8-37-30(36)27(38-31(4,5)6)25-17(2)15-23-28(26(25)19-9-12-21(32)13-10-19)39-29(34-23)20-11-14-24-22(16-20)33-18(3)35(24)7/h9-16,27H,8H2,1-7H3. The molecule has 0 N–H and O–H groups in total. The van der Waals surface area contributed by atoms with E-state index in [4.69, 9.17) is 31.0 Å². The second kappa shape index (κ2) is 10.4. The van der Waals surface area contributed by atoms with Crippen molar-refractivity contribution in [1.29, 1.82) is 0 Å². The molecular formula is C31H32ClN3O3S. The Bertz CT molecular complexity index is 1700. The SMILES string of the molecule is CCOC(=O)C(OC(C)(C)C)c1c(C)cc2nc(-c3ccc4c(c3)nc(C)n4C)sc2c1-c1ccc(Cl)cc1. The lowest BCUT2D eigenvalue weighted by molar-refractivity contribution is -0.166. The number of rotatable bonds is 6. The quantitative estimate of drug-likeness (QED) is 0.195. The summed E-state index contributed by atoms with van der Waals surface area (Å²) in [6, 6.07) is 16.0. The number of aromatic nitrogens is 3. The second-order valence-corrected chi connectivity index (χ2v) is 12.1. The Labute approximate surface area is 237 Å². The smallest absolute Gasteiger partial charge is 0.339 e. The summed E-state index contributed by atoms with van der Waals surface area (Å²) in [4.78, 5) is 23.1. The lowest BCUT2D eigenvalue weighted by Crippen LogP contribution is -2.29. The van der Waals surface area contributed by atoms with Crippen molar-refractivity contribution in [3.8, 4) is 21.7 Å². The number of hydrogen-bond acceptors (Lipinski definition) is 6. The molecule has 1 atom stereocenters. The van der Waals surface area contributed by atoms with Crippen molar-refractivity contribution in [2.75, 3.05) is 6.61 Å². The van der Waals surface area contributed by atoms with Crippen LogP contribution in [-0.4, -0.2) is 32.7 Å². The summed E-state index contributed by atoms with van der Waals surface area (Å²) >= 11 is 7.85. The van der Waals surface area contributed by atoms with Gasteiger partial charge in [-0.2, -0.15) is 0 Å². The Morgan fingerprint density at radius 3 is 2.38 bits per heavy atom. The van der Waals surface area contributed by atoms with Crippen molar-refractivity contribution in [2.45, 2.75) is 53.2 Å². The van der Waals surface area contributed by atoms with Crippen LogP contribution in [0.3, 0.4) is 0 Å². The minimum Gasteiger partial charge on any atom is -0.464 e. The van der Waals surface area contributed by atoms with Gasteiger partial charge in [0.05, 0.1) is 33.5 Å². The molecular weight excluding hydrogens is 530 g/mol. The average molecular weight is 562 g/mol. The van der Waals surface area contributed by atoms with Crippen LogP contribution in [-0.2, 0) is 21.3 Å². The van der Waals surface area contributed by atoms with Crippen molar-refractivity contribution in [3.05, 3.63) is 70.5 Å². The van der Waals surface area contributed by atoms with E-state index in [1.165, 1.54) is 0 Å². The number of imidazole rings is 1. The molecule has 0 saturated carbocycles. The number of ether oxygens (including phenoxy) is 2. The highest BCUT2D eigenvalue weighted by Gasteiger charge is 2.33. The number of benzene rings is 3. The van der Waals surface area contributed by atoms with Gasteiger partial charge in [-0.05, 0) is 89.1 Å². The number of halogens is 1. The van der Waals surface area contributed by atoms with Crippen molar-refractivity contribution < 1.29 is 14.3 Å². The van der Waals surface area contributed by atoms with Crippen molar-refractivity contribution >= 4 is 50.2 Å². The van der Waals surface area contributed by atoms with E-state index in [1.807, 2.05) is 72.0 Å². The molecule has 1 unspecified atom stereocenters. The molecule has 2 aromatic heterocycles. The van der Waals surface area contributed by atoms with Crippen LogP contribution in [0, 0.1) is 13.8 Å².